The monoisotopic (exact) mass is 430 g/mol. The molecule has 3 aromatic carbocycles. The molecule has 1 aromatic heterocycles. The lowest BCUT2D eigenvalue weighted by Crippen LogP contribution is -2.14. The highest BCUT2D eigenvalue weighted by atomic mass is 32.2. The number of sulfonamides is 1. The summed E-state index contributed by atoms with van der Waals surface area (Å²) in [6.07, 6.45) is 4.31. The van der Waals surface area contributed by atoms with Crippen molar-refractivity contribution in [3.05, 3.63) is 103 Å². The highest BCUT2D eigenvalue weighted by Gasteiger charge is 2.15. The number of allylic oxidation sites excluding steroid dienone is 1. The molecule has 0 amide bonds. The van der Waals surface area contributed by atoms with Crippen LogP contribution in [-0.2, 0) is 10.0 Å². The number of nitrogens with one attached hydrogen (secondary N) is 2. The van der Waals surface area contributed by atoms with Gasteiger partial charge in [-0.2, -0.15) is 0 Å². The van der Waals surface area contributed by atoms with Crippen molar-refractivity contribution in [1.29, 1.82) is 0 Å². The van der Waals surface area contributed by atoms with E-state index in [1.807, 2.05) is 18.2 Å². The second-order valence-corrected chi connectivity index (χ2v) is 8.26. The molecule has 8 heteroatoms. The van der Waals surface area contributed by atoms with Gasteiger partial charge < -0.3 is 5.32 Å². The second-order valence-electron chi connectivity index (χ2n) is 6.58. The number of benzene rings is 3. The van der Waals surface area contributed by atoms with E-state index in [2.05, 4.69) is 20.0 Å². The van der Waals surface area contributed by atoms with Crippen molar-refractivity contribution in [2.24, 2.45) is 0 Å². The molecule has 0 bridgehead atoms. The fourth-order valence-corrected chi connectivity index (χ4v) is 3.83. The van der Waals surface area contributed by atoms with Gasteiger partial charge in [0.05, 0.1) is 22.1 Å². The molecule has 0 saturated carbocycles. The van der Waals surface area contributed by atoms with Crippen LogP contribution in [0.1, 0.15) is 10.4 Å². The molecule has 2 N–H and O–H groups in total. The van der Waals surface area contributed by atoms with Crippen LogP contribution in [0, 0.1) is 0 Å². The van der Waals surface area contributed by atoms with Crippen molar-refractivity contribution >= 4 is 38.3 Å². The van der Waals surface area contributed by atoms with Crippen LogP contribution in [0.3, 0.4) is 0 Å². The van der Waals surface area contributed by atoms with E-state index < -0.39 is 10.0 Å². The van der Waals surface area contributed by atoms with Gasteiger partial charge in [0.25, 0.3) is 10.0 Å². The highest BCUT2D eigenvalue weighted by molar-refractivity contribution is 7.92. The van der Waals surface area contributed by atoms with E-state index in [1.165, 1.54) is 30.6 Å². The normalized spacial score (nSPS) is 11.5. The smallest absolute Gasteiger partial charge is 0.263 e. The van der Waals surface area contributed by atoms with E-state index in [9.17, 15) is 13.2 Å². The third-order valence-electron chi connectivity index (χ3n) is 4.40. The van der Waals surface area contributed by atoms with Gasteiger partial charge >= 0.3 is 0 Å². The van der Waals surface area contributed by atoms with Crippen LogP contribution >= 0.6 is 0 Å². The van der Waals surface area contributed by atoms with Crippen molar-refractivity contribution in [2.75, 3.05) is 10.0 Å². The molecule has 1 heterocycles. The Morgan fingerprint density at radius 1 is 0.839 bits per heavy atom. The number of hydrogen-bond acceptors (Lipinski definition) is 6. The van der Waals surface area contributed by atoms with Gasteiger partial charge in [0.2, 0.25) is 0 Å². The first kappa shape index (κ1) is 20.2. The van der Waals surface area contributed by atoms with Crippen molar-refractivity contribution in [1.82, 2.24) is 9.97 Å². The fourth-order valence-electron chi connectivity index (χ4n) is 2.85. The third-order valence-corrected chi connectivity index (χ3v) is 5.77. The number of nitrogens with zero attached hydrogens (tertiary/aromatic N) is 2. The average molecular weight is 430 g/mol. The van der Waals surface area contributed by atoms with Crippen LogP contribution in [0.4, 0.5) is 11.5 Å². The highest BCUT2D eigenvalue weighted by Crippen LogP contribution is 2.18. The molecular formula is C23H18N4O3S. The quantitative estimate of drug-likeness (QED) is 0.336. The number of rotatable bonds is 7. The molecule has 4 aromatic rings. The van der Waals surface area contributed by atoms with Crippen LogP contribution in [0.2, 0.25) is 0 Å². The molecule has 0 atom stereocenters. The minimum absolute atomic E-state index is 0.0809. The molecule has 0 aliphatic rings. The molecule has 4 rings (SSSR count). The van der Waals surface area contributed by atoms with Crippen LogP contribution < -0.4 is 10.0 Å². The summed E-state index contributed by atoms with van der Waals surface area (Å²) in [4.78, 5) is 20.6. The summed E-state index contributed by atoms with van der Waals surface area (Å²) in [6.45, 7) is 0. The van der Waals surface area contributed by atoms with Crippen molar-refractivity contribution in [2.45, 2.75) is 4.90 Å². The molecule has 31 heavy (non-hydrogen) atoms. The lowest BCUT2D eigenvalue weighted by atomic mass is 10.1. The molecule has 0 aliphatic heterocycles. The summed E-state index contributed by atoms with van der Waals surface area (Å²) in [6, 6.07) is 22.3. The first-order chi connectivity index (χ1) is 15.0. The Balaban J connectivity index is 1.42. The maximum Gasteiger partial charge on any atom is 0.263 e. The molecule has 0 unspecified atom stereocenters. The third kappa shape index (κ3) is 4.93. The first-order valence-corrected chi connectivity index (χ1v) is 10.9. The molecule has 7 nitrogen and oxygen atoms in total. The summed E-state index contributed by atoms with van der Waals surface area (Å²) >= 11 is 0. The van der Waals surface area contributed by atoms with E-state index in [0.717, 1.165) is 0 Å². The van der Waals surface area contributed by atoms with Gasteiger partial charge in [-0.15, -0.1) is 0 Å². The number of carbonyl (C=O) groups excluding carboxylic acids is 1. The zero-order valence-electron chi connectivity index (χ0n) is 16.3. The molecule has 0 fully saturated rings. The van der Waals surface area contributed by atoms with Crippen LogP contribution in [0.5, 0.6) is 0 Å². The summed E-state index contributed by atoms with van der Waals surface area (Å²) in [5, 5.41) is 2.95. The van der Waals surface area contributed by atoms with E-state index in [0.29, 0.717) is 22.3 Å². The van der Waals surface area contributed by atoms with E-state index >= 15 is 0 Å². The van der Waals surface area contributed by atoms with Gasteiger partial charge in [0, 0.05) is 23.5 Å². The largest absolute Gasteiger partial charge is 0.362 e. The van der Waals surface area contributed by atoms with Crippen LogP contribution in [0.15, 0.2) is 102 Å². The summed E-state index contributed by atoms with van der Waals surface area (Å²) < 4.78 is 27.7. The van der Waals surface area contributed by atoms with Crippen LogP contribution in [0.25, 0.3) is 11.0 Å². The topological polar surface area (TPSA) is 101 Å². The molecular weight excluding hydrogens is 412 g/mol. The molecule has 154 valence electrons. The Hall–Kier alpha value is -4.04. The zero-order valence-corrected chi connectivity index (χ0v) is 17.1. The molecule has 0 radical (unpaired) electrons. The van der Waals surface area contributed by atoms with Gasteiger partial charge in [-0.1, -0.05) is 42.5 Å². The van der Waals surface area contributed by atoms with Gasteiger partial charge in [0.1, 0.15) is 0 Å². The van der Waals surface area contributed by atoms with Gasteiger partial charge in [-0.05, 0) is 36.4 Å². The Morgan fingerprint density at radius 3 is 2.26 bits per heavy atom. The molecule has 0 aliphatic carbocycles. The van der Waals surface area contributed by atoms with Gasteiger partial charge in [0.15, 0.2) is 11.6 Å². The Bertz CT molecular complexity index is 1350. The second kappa shape index (κ2) is 8.76. The number of carbonyl (C=O) groups is 1. The molecule has 0 saturated heterocycles. The van der Waals surface area contributed by atoms with Crippen LogP contribution in [-0.4, -0.2) is 24.2 Å². The fraction of sp³-hybridized carbons (Fsp3) is 0. The van der Waals surface area contributed by atoms with Crippen molar-refractivity contribution in [3.8, 4) is 0 Å². The van der Waals surface area contributed by atoms with Gasteiger partial charge in [-0.25, -0.2) is 13.4 Å². The average Bonchev–Trinajstić information content (AvgIpc) is 2.79. The maximum absolute atomic E-state index is 12.7. The Morgan fingerprint density at radius 2 is 1.52 bits per heavy atom. The van der Waals surface area contributed by atoms with E-state index in [1.54, 1.807) is 48.5 Å². The predicted molar refractivity (Wildman–Crippen MR) is 120 cm³/mol. The number of ketones is 1. The SMILES string of the molecule is O=C(C=CNc1ccc(S(=O)(=O)Nc2cnc3ccccc3n2)cc1)c1ccccc1. The van der Waals surface area contributed by atoms with E-state index in [-0.39, 0.29) is 16.5 Å². The number of aromatic nitrogens is 2. The Labute approximate surface area is 179 Å². The van der Waals surface area contributed by atoms with Gasteiger partial charge in [-0.3, -0.25) is 14.5 Å². The first-order valence-electron chi connectivity index (χ1n) is 9.38. The predicted octanol–water partition coefficient (Wildman–Crippen LogP) is 4.24. The zero-order chi connectivity index (χ0) is 21.7. The number of hydrogen-bond donors (Lipinski definition) is 2. The maximum atomic E-state index is 12.7. The minimum atomic E-state index is -3.82. The van der Waals surface area contributed by atoms with Crippen molar-refractivity contribution < 1.29 is 13.2 Å². The minimum Gasteiger partial charge on any atom is -0.362 e. The summed E-state index contributed by atoms with van der Waals surface area (Å²) in [5.41, 5.74) is 2.50. The van der Waals surface area contributed by atoms with E-state index in [4.69, 9.17) is 0 Å². The standard InChI is InChI=1S/C23H18N4O3S/c28-22(17-6-2-1-3-7-17)14-15-24-18-10-12-19(13-11-18)31(29,30)27-23-16-25-20-8-4-5-9-21(20)26-23/h1-16,24H,(H,26,27). The molecule has 0 spiro atoms. The summed E-state index contributed by atoms with van der Waals surface area (Å²) in [5.74, 6) is 0.0104. The number of fused-ring (bicyclic) bond motifs is 1. The lowest BCUT2D eigenvalue weighted by molar-refractivity contribution is 0.104. The van der Waals surface area contributed by atoms with Crippen molar-refractivity contribution in [3.63, 3.8) is 0 Å². The summed E-state index contributed by atoms with van der Waals surface area (Å²) in [7, 11) is -3.82. The lowest BCUT2D eigenvalue weighted by Gasteiger charge is -2.08. The number of anilines is 2. The number of para-hydroxylation sites is 2. The Kier molecular flexibility index (Phi) is 5.72.